The highest BCUT2D eigenvalue weighted by Crippen LogP contribution is 2.21. The zero-order chi connectivity index (χ0) is 13.9. The van der Waals surface area contributed by atoms with Crippen LogP contribution in [0.3, 0.4) is 0 Å². The number of aromatic nitrogens is 1. The number of sulfone groups is 1. The van der Waals surface area contributed by atoms with E-state index < -0.39 is 9.84 Å². The molecule has 4 heteroatoms. The lowest BCUT2D eigenvalue weighted by molar-refractivity contribution is 0.602. The van der Waals surface area contributed by atoms with Crippen molar-refractivity contribution in [3.8, 4) is 0 Å². The summed E-state index contributed by atoms with van der Waals surface area (Å²) in [4.78, 5) is 3.74. The summed E-state index contributed by atoms with van der Waals surface area (Å²) in [6, 6.07) is 7.32. The number of H-pyrrole nitrogens is 1. The Bertz CT molecular complexity index is 656. The Kier molecular flexibility index (Phi) is 4.30. The van der Waals surface area contributed by atoms with Crippen molar-refractivity contribution >= 4 is 20.7 Å². The Hall–Kier alpha value is -1.29. The lowest BCUT2D eigenvalue weighted by atomic mass is 10.1. The van der Waals surface area contributed by atoms with Crippen LogP contribution in [0.2, 0.25) is 0 Å². The lowest BCUT2D eigenvalue weighted by Gasteiger charge is -1.97. The van der Waals surface area contributed by atoms with Crippen molar-refractivity contribution in [1.82, 2.24) is 4.98 Å². The zero-order valence-electron chi connectivity index (χ0n) is 11.6. The first kappa shape index (κ1) is 14.1. The summed E-state index contributed by atoms with van der Waals surface area (Å²) in [5.74, 6) is 0. The second-order valence-electron chi connectivity index (χ2n) is 5.13. The molecular weight excluding hydrogens is 258 g/mol. The predicted molar refractivity (Wildman–Crippen MR) is 79.3 cm³/mol. The van der Waals surface area contributed by atoms with E-state index in [0.29, 0.717) is 4.90 Å². The minimum absolute atomic E-state index is 0.386. The van der Waals surface area contributed by atoms with Gasteiger partial charge in [0.25, 0.3) is 0 Å². The molecule has 2 rings (SSSR count). The highest BCUT2D eigenvalue weighted by Gasteiger charge is 2.09. The van der Waals surface area contributed by atoms with Crippen LogP contribution in [0.1, 0.15) is 38.3 Å². The van der Waals surface area contributed by atoms with Crippen LogP contribution in [-0.2, 0) is 16.3 Å². The summed E-state index contributed by atoms with van der Waals surface area (Å²) in [6.45, 7) is 2.20. The first-order valence-corrected chi connectivity index (χ1v) is 8.71. The number of aryl methyl sites for hydroxylation is 1. The molecule has 1 aromatic carbocycles. The molecule has 1 heterocycles. The van der Waals surface area contributed by atoms with Gasteiger partial charge in [0.1, 0.15) is 0 Å². The van der Waals surface area contributed by atoms with Crippen molar-refractivity contribution in [2.75, 3.05) is 6.26 Å². The third kappa shape index (κ3) is 3.60. The summed E-state index contributed by atoms with van der Waals surface area (Å²) in [6.07, 6.45) is 7.22. The summed E-state index contributed by atoms with van der Waals surface area (Å²) in [5, 5.41) is 0.980. The monoisotopic (exact) mass is 279 g/mol. The fraction of sp³-hybridized carbons (Fsp3) is 0.467. The first-order chi connectivity index (χ1) is 9.00. The molecule has 0 radical (unpaired) electrons. The Labute approximate surface area is 115 Å². The zero-order valence-corrected chi connectivity index (χ0v) is 12.4. The van der Waals surface area contributed by atoms with E-state index in [1.54, 1.807) is 12.1 Å². The van der Waals surface area contributed by atoms with Crippen LogP contribution < -0.4 is 0 Å². The maximum Gasteiger partial charge on any atom is 0.175 e. The van der Waals surface area contributed by atoms with E-state index in [-0.39, 0.29) is 0 Å². The van der Waals surface area contributed by atoms with Crippen molar-refractivity contribution in [3.05, 3.63) is 30.0 Å². The van der Waals surface area contributed by atoms with E-state index in [1.165, 1.54) is 37.6 Å². The molecule has 0 aliphatic carbocycles. The topological polar surface area (TPSA) is 49.9 Å². The molecular formula is C15H21NO2S. The number of hydrogen-bond acceptors (Lipinski definition) is 2. The van der Waals surface area contributed by atoms with Crippen molar-refractivity contribution < 1.29 is 8.42 Å². The molecule has 0 amide bonds. The number of aromatic amines is 1. The highest BCUT2D eigenvalue weighted by molar-refractivity contribution is 7.90. The third-order valence-corrected chi connectivity index (χ3v) is 4.49. The summed E-state index contributed by atoms with van der Waals surface area (Å²) < 4.78 is 23.0. The Balaban J connectivity index is 2.17. The molecule has 0 aliphatic rings. The van der Waals surface area contributed by atoms with Gasteiger partial charge >= 0.3 is 0 Å². The van der Waals surface area contributed by atoms with Gasteiger partial charge in [-0.3, -0.25) is 0 Å². The molecule has 0 unspecified atom stereocenters. The lowest BCUT2D eigenvalue weighted by Crippen LogP contribution is -1.95. The van der Waals surface area contributed by atoms with Crippen LogP contribution in [0.5, 0.6) is 0 Å². The molecule has 0 fully saturated rings. The molecule has 0 saturated heterocycles. The van der Waals surface area contributed by atoms with Crippen LogP contribution in [0, 0.1) is 0 Å². The van der Waals surface area contributed by atoms with Gasteiger partial charge < -0.3 is 4.98 Å². The molecule has 0 bridgehead atoms. The van der Waals surface area contributed by atoms with Crippen LogP contribution in [0.25, 0.3) is 10.9 Å². The smallest absolute Gasteiger partial charge is 0.175 e. The van der Waals surface area contributed by atoms with E-state index in [9.17, 15) is 8.42 Å². The van der Waals surface area contributed by atoms with Crippen molar-refractivity contribution in [2.24, 2.45) is 0 Å². The average molecular weight is 279 g/mol. The van der Waals surface area contributed by atoms with Crippen LogP contribution >= 0.6 is 0 Å². The average Bonchev–Trinajstić information content (AvgIpc) is 2.75. The van der Waals surface area contributed by atoms with Crippen LogP contribution in [-0.4, -0.2) is 19.7 Å². The Morgan fingerprint density at radius 1 is 1.11 bits per heavy atom. The van der Waals surface area contributed by atoms with E-state index in [1.807, 2.05) is 6.07 Å². The van der Waals surface area contributed by atoms with Crippen molar-refractivity contribution in [3.63, 3.8) is 0 Å². The highest BCUT2D eigenvalue weighted by atomic mass is 32.2. The minimum Gasteiger partial charge on any atom is -0.358 e. The SMILES string of the molecule is CCCCCCc1cc2cc(S(C)(=O)=O)ccc2[nH]1. The fourth-order valence-electron chi connectivity index (χ4n) is 2.28. The molecule has 0 aliphatic heterocycles. The largest absolute Gasteiger partial charge is 0.358 e. The number of rotatable bonds is 6. The van der Waals surface area contributed by atoms with Crippen LogP contribution in [0.15, 0.2) is 29.2 Å². The Morgan fingerprint density at radius 3 is 2.58 bits per heavy atom. The molecule has 104 valence electrons. The van der Waals surface area contributed by atoms with E-state index >= 15 is 0 Å². The van der Waals surface area contributed by atoms with Gasteiger partial charge in [-0.1, -0.05) is 26.2 Å². The van der Waals surface area contributed by atoms with Gasteiger partial charge in [0.2, 0.25) is 0 Å². The molecule has 1 aromatic heterocycles. The molecule has 0 saturated carbocycles. The fourth-order valence-corrected chi connectivity index (χ4v) is 2.93. The number of fused-ring (bicyclic) bond motifs is 1. The predicted octanol–water partition coefficient (Wildman–Crippen LogP) is 3.69. The first-order valence-electron chi connectivity index (χ1n) is 6.82. The van der Waals surface area contributed by atoms with Crippen molar-refractivity contribution in [2.45, 2.75) is 43.9 Å². The quantitative estimate of drug-likeness (QED) is 0.820. The molecule has 0 spiro atoms. The molecule has 0 atom stereocenters. The van der Waals surface area contributed by atoms with Gasteiger partial charge in [-0.15, -0.1) is 0 Å². The standard InChI is InChI=1S/C15H21NO2S/c1-3-4-5-6-7-13-10-12-11-14(19(2,17)18)8-9-15(12)16-13/h8-11,16H,3-7H2,1-2H3. The molecule has 1 N–H and O–H groups in total. The summed E-state index contributed by atoms with van der Waals surface area (Å²) in [7, 11) is -3.12. The van der Waals surface area contributed by atoms with Gasteiger partial charge in [-0.05, 0) is 37.1 Å². The van der Waals surface area contributed by atoms with Gasteiger partial charge in [-0.2, -0.15) is 0 Å². The van der Waals surface area contributed by atoms with E-state index in [4.69, 9.17) is 0 Å². The second-order valence-corrected chi connectivity index (χ2v) is 7.14. The van der Waals surface area contributed by atoms with Gasteiger partial charge in [-0.25, -0.2) is 8.42 Å². The maximum absolute atomic E-state index is 11.5. The molecule has 2 aromatic rings. The number of unbranched alkanes of at least 4 members (excludes halogenated alkanes) is 3. The normalized spacial score (nSPS) is 12.1. The van der Waals surface area contributed by atoms with Gasteiger partial charge in [0.05, 0.1) is 4.90 Å². The van der Waals surface area contributed by atoms with E-state index in [0.717, 1.165) is 17.3 Å². The maximum atomic E-state index is 11.5. The molecule has 19 heavy (non-hydrogen) atoms. The number of hydrogen-bond donors (Lipinski definition) is 1. The third-order valence-electron chi connectivity index (χ3n) is 3.38. The number of benzene rings is 1. The second kappa shape index (κ2) is 5.78. The minimum atomic E-state index is -3.12. The summed E-state index contributed by atoms with van der Waals surface area (Å²) >= 11 is 0. The Morgan fingerprint density at radius 2 is 1.89 bits per heavy atom. The summed E-state index contributed by atoms with van der Waals surface area (Å²) in [5.41, 5.74) is 2.20. The van der Waals surface area contributed by atoms with Crippen LogP contribution in [0.4, 0.5) is 0 Å². The van der Waals surface area contributed by atoms with Gasteiger partial charge in [0.15, 0.2) is 9.84 Å². The van der Waals surface area contributed by atoms with Gasteiger partial charge in [0, 0.05) is 22.9 Å². The van der Waals surface area contributed by atoms with E-state index in [2.05, 4.69) is 18.0 Å². The van der Waals surface area contributed by atoms with Crippen molar-refractivity contribution in [1.29, 1.82) is 0 Å². The number of nitrogens with one attached hydrogen (secondary N) is 1. The molecule has 3 nitrogen and oxygen atoms in total.